The van der Waals surface area contributed by atoms with Crippen LogP contribution in [0.15, 0.2) is 60.7 Å². The minimum Gasteiger partial charge on any atom is -0.354 e. The molecule has 1 aliphatic heterocycles. The van der Waals surface area contributed by atoms with Gasteiger partial charge in [-0.3, -0.25) is 9.69 Å². The third-order valence-electron chi connectivity index (χ3n) is 5.90. The molecule has 2 aromatic rings. The van der Waals surface area contributed by atoms with Gasteiger partial charge in [0.05, 0.1) is 6.54 Å². The first-order chi connectivity index (χ1) is 12.7. The summed E-state index contributed by atoms with van der Waals surface area (Å²) in [6.45, 7) is 2.79. The van der Waals surface area contributed by atoms with E-state index in [9.17, 15) is 4.79 Å². The second-order valence-electron chi connectivity index (χ2n) is 7.80. The van der Waals surface area contributed by atoms with Crippen LogP contribution in [0.2, 0.25) is 0 Å². The number of amides is 1. The lowest BCUT2D eigenvalue weighted by molar-refractivity contribution is -0.122. The largest absolute Gasteiger partial charge is 0.354 e. The fourth-order valence-electron chi connectivity index (χ4n) is 4.13. The minimum absolute atomic E-state index is 0. The summed E-state index contributed by atoms with van der Waals surface area (Å²) in [5, 5.41) is 3.16. The van der Waals surface area contributed by atoms with Gasteiger partial charge in [0.25, 0.3) is 0 Å². The smallest absolute Gasteiger partial charge is 0.234 e. The number of hydrogen-bond donors (Lipinski definition) is 2. The maximum atomic E-state index is 12.5. The van der Waals surface area contributed by atoms with Gasteiger partial charge in [-0.2, -0.15) is 0 Å². The third-order valence-corrected chi connectivity index (χ3v) is 5.90. The molecule has 2 atom stereocenters. The Morgan fingerprint density at radius 3 is 2.30 bits per heavy atom. The summed E-state index contributed by atoms with van der Waals surface area (Å²) >= 11 is 0. The van der Waals surface area contributed by atoms with E-state index in [2.05, 4.69) is 58.7 Å². The highest BCUT2D eigenvalue weighted by molar-refractivity contribution is 5.85. The molecular weight excluding hydrogens is 358 g/mol. The molecule has 144 valence electrons. The van der Waals surface area contributed by atoms with Gasteiger partial charge in [-0.1, -0.05) is 60.7 Å². The van der Waals surface area contributed by atoms with Crippen molar-refractivity contribution in [2.45, 2.75) is 30.2 Å². The molecule has 0 bridgehead atoms. The first-order valence-corrected chi connectivity index (χ1v) is 9.51. The van der Waals surface area contributed by atoms with Crippen molar-refractivity contribution < 1.29 is 4.79 Å². The van der Waals surface area contributed by atoms with Crippen molar-refractivity contribution in [3.63, 3.8) is 0 Å². The Morgan fingerprint density at radius 1 is 1.04 bits per heavy atom. The molecule has 1 amide bonds. The van der Waals surface area contributed by atoms with Crippen LogP contribution in [0.25, 0.3) is 0 Å². The third kappa shape index (κ3) is 4.52. The van der Waals surface area contributed by atoms with E-state index in [1.807, 2.05) is 12.1 Å². The molecule has 0 radical (unpaired) electrons. The van der Waals surface area contributed by atoms with E-state index >= 15 is 0 Å². The molecule has 4 rings (SSSR count). The summed E-state index contributed by atoms with van der Waals surface area (Å²) in [5.41, 5.74) is 9.10. The predicted octanol–water partition coefficient (Wildman–Crippen LogP) is 2.68. The van der Waals surface area contributed by atoms with E-state index in [4.69, 9.17) is 5.73 Å². The normalized spacial score (nSPS) is 23.4. The molecule has 5 heteroatoms. The lowest BCUT2D eigenvalue weighted by Crippen LogP contribution is -2.40. The number of nitrogens with one attached hydrogen (secondary N) is 1. The van der Waals surface area contributed by atoms with Gasteiger partial charge >= 0.3 is 0 Å². The van der Waals surface area contributed by atoms with Crippen molar-refractivity contribution in [1.82, 2.24) is 10.2 Å². The lowest BCUT2D eigenvalue weighted by atomic mass is 9.95. The second kappa shape index (κ2) is 8.42. The van der Waals surface area contributed by atoms with Crippen molar-refractivity contribution in [3.8, 4) is 0 Å². The molecule has 2 aromatic carbocycles. The van der Waals surface area contributed by atoms with Crippen LogP contribution in [0.3, 0.4) is 0 Å². The number of halogens is 1. The minimum atomic E-state index is 0. The lowest BCUT2D eigenvalue weighted by Gasteiger charge is -2.19. The zero-order valence-corrected chi connectivity index (χ0v) is 16.3. The number of hydrogen-bond acceptors (Lipinski definition) is 3. The highest BCUT2D eigenvalue weighted by Crippen LogP contribution is 2.47. The monoisotopic (exact) mass is 385 g/mol. The Hall–Kier alpha value is -1.88. The topological polar surface area (TPSA) is 58.4 Å². The van der Waals surface area contributed by atoms with Crippen LogP contribution in [0.5, 0.6) is 0 Å². The predicted molar refractivity (Wildman–Crippen MR) is 111 cm³/mol. The van der Waals surface area contributed by atoms with Crippen LogP contribution >= 0.6 is 12.4 Å². The van der Waals surface area contributed by atoms with Gasteiger partial charge in [0.1, 0.15) is 0 Å². The van der Waals surface area contributed by atoms with Gasteiger partial charge in [-0.15, -0.1) is 12.4 Å². The molecule has 1 saturated carbocycles. The molecule has 4 nitrogen and oxygen atoms in total. The summed E-state index contributed by atoms with van der Waals surface area (Å²) in [5.74, 6) is 0.413. The van der Waals surface area contributed by atoms with Crippen LogP contribution in [0.4, 0.5) is 0 Å². The SMILES string of the molecule is Cl.N[C@@H]1CN(CC(=O)NCC2(c3ccccc3)CC2)C[C@H]1c1ccccc1. The maximum Gasteiger partial charge on any atom is 0.234 e. The fraction of sp³-hybridized carbons (Fsp3) is 0.409. The average Bonchev–Trinajstić information content (AvgIpc) is 3.39. The van der Waals surface area contributed by atoms with Gasteiger partial charge in [0.2, 0.25) is 5.91 Å². The van der Waals surface area contributed by atoms with Crippen LogP contribution in [-0.4, -0.2) is 43.0 Å². The molecule has 2 fully saturated rings. The quantitative estimate of drug-likeness (QED) is 0.803. The van der Waals surface area contributed by atoms with E-state index in [1.54, 1.807) is 0 Å². The molecule has 2 aliphatic rings. The van der Waals surface area contributed by atoms with Gasteiger partial charge in [0, 0.05) is 37.0 Å². The first-order valence-electron chi connectivity index (χ1n) is 9.51. The van der Waals surface area contributed by atoms with Crippen LogP contribution in [-0.2, 0) is 10.2 Å². The summed E-state index contributed by atoms with van der Waals surface area (Å²) in [4.78, 5) is 14.6. The van der Waals surface area contributed by atoms with Gasteiger partial charge in [-0.25, -0.2) is 0 Å². The number of benzene rings is 2. The molecule has 3 N–H and O–H groups in total. The van der Waals surface area contributed by atoms with Crippen molar-refractivity contribution in [2.24, 2.45) is 5.73 Å². The van der Waals surface area contributed by atoms with E-state index in [1.165, 1.54) is 11.1 Å². The highest BCUT2D eigenvalue weighted by atomic mass is 35.5. The number of likely N-dealkylation sites (tertiary alicyclic amines) is 1. The molecule has 0 aromatic heterocycles. The van der Waals surface area contributed by atoms with E-state index in [0.717, 1.165) is 32.5 Å². The van der Waals surface area contributed by atoms with Crippen molar-refractivity contribution in [3.05, 3.63) is 71.8 Å². The Kier molecular flexibility index (Phi) is 6.20. The van der Waals surface area contributed by atoms with Crippen LogP contribution < -0.4 is 11.1 Å². The summed E-state index contributed by atoms with van der Waals surface area (Å²) in [6.07, 6.45) is 2.31. The highest BCUT2D eigenvalue weighted by Gasteiger charge is 2.44. The fourth-order valence-corrected chi connectivity index (χ4v) is 4.13. The van der Waals surface area contributed by atoms with Gasteiger partial charge < -0.3 is 11.1 Å². The van der Waals surface area contributed by atoms with Crippen molar-refractivity contribution in [1.29, 1.82) is 0 Å². The number of carbonyl (C=O) groups is 1. The molecule has 0 spiro atoms. The maximum absolute atomic E-state index is 12.5. The van der Waals surface area contributed by atoms with Gasteiger partial charge in [0.15, 0.2) is 0 Å². The summed E-state index contributed by atoms with van der Waals surface area (Å²) in [6, 6.07) is 21.0. The van der Waals surface area contributed by atoms with Crippen LogP contribution in [0.1, 0.15) is 29.9 Å². The zero-order valence-electron chi connectivity index (χ0n) is 15.5. The Bertz CT molecular complexity index is 749. The van der Waals surface area contributed by atoms with Gasteiger partial charge in [-0.05, 0) is 24.0 Å². The first kappa shape index (κ1) is 19.9. The molecule has 0 unspecified atom stereocenters. The number of carbonyl (C=O) groups excluding carboxylic acids is 1. The molecule has 1 heterocycles. The Morgan fingerprint density at radius 2 is 1.67 bits per heavy atom. The average molecular weight is 386 g/mol. The van der Waals surface area contributed by atoms with Crippen LogP contribution in [0, 0.1) is 0 Å². The summed E-state index contributed by atoms with van der Waals surface area (Å²) in [7, 11) is 0. The molecule has 1 aliphatic carbocycles. The molecule has 1 saturated heterocycles. The second-order valence-corrected chi connectivity index (χ2v) is 7.80. The Balaban J connectivity index is 0.00000210. The Labute approximate surface area is 167 Å². The van der Waals surface area contributed by atoms with E-state index < -0.39 is 0 Å². The molecule has 27 heavy (non-hydrogen) atoms. The van der Waals surface area contributed by atoms with E-state index in [-0.39, 0.29) is 29.8 Å². The zero-order chi connectivity index (χ0) is 18.0. The number of nitrogens with two attached hydrogens (primary N) is 1. The summed E-state index contributed by atoms with van der Waals surface area (Å²) < 4.78 is 0. The molecular formula is C22H28ClN3O. The van der Waals surface area contributed by atoms with Crippen molar-refractivity contribution >= 4 is 18.3 Å². The number of nitrogens with zero attached hydrogens (tertiary/aromatic N) is 1. The van der Waals surface area contributed by atoms with Crippen molar-refractivity contribution in [2.75, 3.05) is 26.2 Å². The van der Waals surface area contributed by atoms with E-state index in [0.29, 0.717) is 12.5 Å². The standard InChI is InChI=1S/C22H27N3O.ClH/c23-20-14-25(13-19(20)17-7-3-1-4-8-17)15-21(26)24-16-22(11-12-22)18-9-5-2-6-10-18;/h1-10,19-20H,11-16,23H2,(H,24,26);1H/t19-,20+;/m0./s1. The number of rotatable bonds is 6.